The molecule has 0 N–H and O–H groups in total. The lowest BCUT2D eigenvalue weighted by molar-refractivity contribution is 0.174. The van der Waals surface area contributed by atoms with Crippen LogP contribution in [0.1, 0.15) is 54.9 Å². The Bertz CT molecular complexity index is 1520. The second-order valence-electron chi connectivity index (χ2n) is 10.1. The van der Waals surface area contributed by atoms with Crippen LogP contribution in [-0.4, -0.2) is 13.2 Å². The molecule has 0 spiro atoms. The lowest BCUT2D eigenvalue weighted by Gasteiger charge is -2.15. The Labute approximate surface area is 245 Å². The van der Waals surface area contributed by atoms with Gasteiger partial charge in [-0.15, -0.1) is 22.7 Å². The fraction of sp³-hybridized carbons (Fsp3) is 0.222. The molecule has 2 nitrogen and oxygen atoms in total. The highest BCUT2D eigenvalue weighted by atomic mass is 32.1. The van der Waals surface area contributed by atoms with Crippen molar-refractivity contribution >= 4 is 34.3 Å². The summed E-state index contributed by atoms with van der Waals surface area (Å²) in [5, 5.41) is 2.09. The topological polar surface area (TPSA) is 18.5 Å². The van der Waals surface area contributed by atoms with Crippen LogP contribution in [0.2, 0.25) is 0 Å². The molecule has 3 heterocycles. The molecule has 1 aliphatic rings. The first-order chi connectivity index (χ1) is 19.8. The summed E-state index contributed by atoms with van der Waals surface area (Å²) in [5.41, 5.74) is 7.59. The van der Waals surface area contributed by atoms with Gasteiger partial charge in [-0.25, -0.2) is 0 Å². The van der Waals surface area contributed by atoms with Crippen LogP contribution in [0.25, 0.3) is 31.8 Å². The standard InChI is InChI=1S/C36H34O2S2/c1-2-3-4-7-16-30-24-33(36-34-32(25-39-36)37-21-22-38-34)40-35(30)29-19-17-26(18-20-29)23-31(27-12-8-5-9-13-27)28-14-10-6-11-15-28/h5-6,8-15,17-20,23-25H,2-4,7,16,21-22H2,1H3. The predicted octanol–water partition coefficient (Wildman–Crippen LogP) is 10.6. The van der Waals surface area contributed by atoms with E-state index in [0.29, 0.717) is 13.2 Å². The number of thiophene rings is 2. The maximum absolute atomic E-state index is 6.03. The summed E-state index contributed by atoms with van der Waals surface area (Å²) >= 11 is 3.61. The van der Waals surface area contributed by atoms with Crippen LogP contribution in [-0.2, 0) is 6.42 Å². The van der Waals surface area contributed by atoms with Crippen molar-refractivity contribution in [1.82, 2.24) is 0 Å². The van der Waals surface area contributed by atoms with Gasteiger partial charge < -0.3 is 9.47 Å². The average molecular weight is 563 g/mol. The van der Waals surface area contributed by atoms with Gasteiger partial charge in [0, 0.05) is 15.1 Å². The lowest BCUT2D eigenvalue weighted by atomic mass is 9.95. The average Bonchev–Trinajstić information content (AvgIpc) is 3.64. The first-order valence-electron chi connectivity index (χ1n) is 14.2. The van der Waals surface area contributed by atoms with E-state index < -0.39 is 0 Å². The van der Waals surface area contributed by atoms with Crippen LogP contribution in [0.15, 0.2) is 96.4 Å². The van der Waals surface area contributed by atoms with Crippen molar-refractivity contribution < 1.29 is 9.47 Å². The molecule has 0 bridgehead atoms. The highest BCUT2D eigenvalue weighted by Gasteiger charge is 2.22. The molecule has 0 saturated carbocycles. The van der Waals surface area contributed by atoms with Gasteiger partial charge in [0.25, 0.3) is 0 Å². The summed E-state index contributed by atoms with van der Waals surface area (Å²) in [6, 6.07) is 32.8. The summed E-state index contributed by atoms with van der Waals surface area (Å²) in [7, 11) is 0. The van der Waals surface area contributed by atoms with E-state index in [1.54, 1.807) is 11.3 Å². The Hall–Kier alpha value is -3.60. The molecule has 0 saturated heterocycles. The first-order valence-corrected chi connectivity index (χ1v) is 15.9. The maximum atomic E-state index is 6.03. The van der Waals surface area contributed by atoms with Crippen molar-refractivity contribution in [3.63, 3.8) is 0 Å². The third kappa shape index (κ3) is 5.94. The number of hydrogen-bond donors (Lipinski definition) is 0. The van der Waals surface area contributed by atoms with Gasteiger partial charge in [0.15, 0.2) is 11.5 Å². The van der Waals surface area contributed by atoms with Crippen molar-refractivity contribution in [2.24, 2.45) is 0 Å². The van der Waals surface area contributed by atoms with Crippen LogP contribution >= 0.6 is 22.7 Å². The van der Waals surface area contributed by atoms with Gasteiger partial charge >= 0.3 is 0 Å². The third-order valence-corrected chi connectivity index (χ3v) is 9.63. The van der Waals surface area contributed by atoms with Crippen LogP contribution in [0.5, 0.6) is 11.5 Å². The van der Waals surface area contributed by atoms with E-state index in [-0.39, 0.29) is 0 Å². The summed E-state index contributed by atoms with van der Waals surface area (Å²) in [6.45, 7) is 3.51. The second-order valence-corrected chi connectivity index (χ2v) is 12.1. The van der Waals surface area contributed by atoms with Crippen LogP contribution < -0.4 is 9.47 Å². The molecule has 3 aromatic carbocycles. The zero-order valence-corrected chi connectivity index (χ0v) is 24.5. The molecule has 0 atom stereocenters. The van der Waals surface area contributed by atoms with E-state index in [4.69, 9.17) is 9.47 Å². The Balaban J connectivity index is 1.34. The highest BCUT2D eigenvalue weighted by Crippen LogP contribution is 2.50. The Morgan fingerprint density at radius 3 is 2.17 bits per heavy atom. The van der Waals surface area contributed by atoms with Gasteiger partial charge in [-0.2, -0.15) is 0 Å². The number of hydrogen-bond acceptors (Lipinski definition) is 4. The maximum Gasteiger partial charge on any atom is 0.180 e. The normalized spacial score (nSPS) is 12.3. The predicted molar refractivity (Wildman–Crippen MR) is 172 cm³/mol. The van der Waals surface area contributed by atoms with E-state index in [0.717, 1.165) is 17.9 Å². The minimum absolute atomic E-state index is 0.613. The molecule has 0 fully saturated rings. The SMILES string of the molecule is CCCCCCc1cc(-c2scc3c2OCCO3)sc1-c1ccc(C=C(c2ccccc2)c2ccccc2)cc1. The molecule has 202 valence electrons. The van der Waals surface area contributed by atoms with E-state index in [1.807, 2.05) is 11.3 Å². The van der Waals surface area contributed by atoms with Crippen molar-refractivity contribution in [2.45, 2.75) is 39.0 Å². The molecule has 4 heteroatoms. The molecule has 40 heavy (non-hydrogen) atoms. The van der Waals surface area contributed by atoms with E-state index in [2.05, 4.69) is 109 Å². The molecule has 1 aliphatic heterocycles. The fourth-order valence-electron chi connectivity index (χ4n) is 5.21. The monoisotopic (exact) mass is 562 g/mol. The minimum Gasteiger partial charge on any atom is -0.485 e. The van der Waals surface area contributed by atoms with Crippen molar-refractivity contribution in [3.8, 4) is 31.7 Å². The Kier molecular flexibility index (Phi) is 8.46. The molecule has 0 aliphatic carbocycles. The second kappa shape index (κ2) is 12.7. The molecule has 0 amide bonds. The van der Waals surface area contributed by atoms with Gasteiger partial charge in [0.05, 0.1) is 4.88 Å². The number of rotatable bonds is 10. The molecular weight excluding hydrogens is 529 g/mol. The highest BCUT2D eigenvalue weighted by molar-refractivity contribution is 7.23. The smallest absolute Gasteiger partial charge is 0.180 e. The van der Waals surface area contributed by atoms with Gasteiger partial charge in [0.2, 0.25) is 0 Å². The van der Waals surface area contributed by atoms with Crippen molar-refractivity contribution in [2.75, 3.05) is 13.2 Å². The Morgan fingerprint density at radius 1 is 0.775 bits per heavy atom. The number of ether oxygens (including phenoxy) is 2. The number of aryl methyl sites for hydroxylation is 1. The van der Waals surface area contributed by atoms with Crippen molar-refractivity contribution in [3.05, 3.63) is 119 Å². The van der Waals surface area contributed by atoms with E-state index in [9.17, 15) is 0 Å². The van der Waals surface area contributed by atoms with Crippen LogP contribution in [0.3, 0.4) is 0 Å². The van der Waals surface area contributed by atoms with Gasteiger partial charge in [-0.3, -0.25) is 0 Å². The first kappa shape index (κ1) is 26.6. The van der Waals surface area contributed by atoms with Gasteiger partial charge in [-0.05, 0) is 58.4 Å². The summed E-state index contributed by atoms with van der Waals surface area (Å²) in [6.07, 6.45) is 8.45. The summed E-state index contributed by atoms with van der Waals surface area (Å²) in [4.78, 5) is 3.83. The largest absolute Gasteiger partial charge is 0.485 e. The zero-order chi connectivity index (χ0) is 27.1. The summed E-state index contributed by atoms with van der Waals surface area (Å²) < 4.78 is 11.9. The molecule has 0 radical (unpaired) electrons. The minimum atomic E-state index is 0.613. The Morgan fingerprint density at radius 2 is 1.48 bits per heavy atom. The van der Waals surface area contributed by atoms with E-state index >= 15 is 0 Å². The number of benzene rings is 3. The molecule has 2 aromatic heterocycles. The summed E-state index contributed by atoms with van der Waals surface area (Å²) in [5.74, 6) is 1.80. The quantitative estimate of drug-likeness (QED) is 0.124. The molecule has 0 unspecified atom stereocenters. The van der Waals surface area contributed by atoms with E-state index in [1.165, 1.54) is 73.7 Å². The van der Waals surface area contributed by atoms with Gasteiger partial charge in [-0.1, -0.05) is 111 Å². The third-order valence-electron chi connectivity index (χ3n) is 7.29. The van der Waals surface area contributed by atoms with Crippen LogP contribution in [0.4, 0.5) is 0 Å². The molecular formula is C36H34O2S2. The van der Waals surface area contributed by atoms with Crippen molar-refractivity contribution in [1.29, 1.82) is 0 Å². The van der Waals surface area contributed by atoms with Crippen LogP contribution in [0, 0.1) is 0 Å². The lowest BCUT2D eigenvalue weighted by Crippen LogP contribution is -2.14. The zero-order valence-electron chi connectivity index (χ0n) is 22.9. The molecule has 5 aromatic rings. The fourth-order valence-corrected chi connectivity index (χ4v) is 7.48. The molecule has 6 rings (SSSR count). The van der Waals surface area contributed by atoms with Gasteiger partial charge in [0.1, 0.15) is 13.2 Å². The number of fused-ring (bicyclic) bond motifs is 1. The number of unbranched alkanes of at least 4 members (excludes halogenated alkanes) is 3.